The van der Waals surface area contributed by atoms with Gasteiger partial charge in [-0.3, -0.25) is 4.90 Å². The Bertz CT molecular complexity index is 510. The Hall–Kier alpha value is -1.59. The lowest BCUT2D eigenvalue weighted by Gasteiger charge is -2.29. The quantitative estimate of drug-likeness (QED) is 0.639. The largest absolute Gasteiger partial charge is 0.465 e. The van der Waals surface area contributed by atoms with Gasteiger partial charge >= 0.3 is 5.97 Å². The second-order valence-corrected chi connectivity index (χ2v) is 5.98. The fraction of sp³-hybridized carbons (Fsp3) is 0.562. The van der Waals surface area contributed by atoms with Crippen molar-refractivity contribution in [2.24, 2.45) is 0 Å². The summed E-state index contributed by atoms with van der Waals surface area (Å²) in [6.45, 7) is 1.15. The molecule has 116 valence electrons. The molecule has 1 aliphatic carbocycles. The number of hydrogen-bond donors (Lipinski definition) is 2. The van der Waals surface area contributed by atoms with Gasteiger partial charge in [-0.15, -0.1) is 0 Å². The number of carbonyl (C=O) groups is 1. The average molecular weight is 292 g/mol. The van der Waals surface area contributed by atoms with Gasteiger partial charge in [0.15, 0.2) is 0 Å². The standard InChI is InChI=1S/C16H24N2O3/c1-18(11-16(20)8-3-4-9-16)10-12-6-5-7-13(17)14(12)15(19)21-2/h5-7,20H,3-4,8-11,17H2,1-2H3. The summed E-state index contributed by atoms with van der Waals surface area (Å²) in [7, 11) is 3.30. The number of carbonyl (C=O) groups excluding carboxylic acids is 1. The molecule has 1 aromatic rings. The van der Waals surface area contributed by atoms with Crippen LogP contribution in [0.25, 0.3) is 0 Å². The van der Waals surface area contributed by atoms with Crippen molar-refractivity contribution in [3.8, 4) is 0 Å². The molecule has 2 rings (SSSR count). The lowest BCUT2D eigenvalue weighted by Crippen LogP contribution is -2.39. The summed E-state index contributed by atoms with van der Waals surface area (Å²) in [5.41, 5.74) is 6.97. The first kappa shape index (κ1) is 15.8. The molecule has 1 aliphatic rings. The zero-order valence-corrected chi connectivity index (χ0v) is 12.8. The highest BCUT2D eigenvalue weighted by Gasteiger charge is 2.32. The molecule has 0 unspecified atom stereocenters. The maximum atomic E-state index is 11.9. The van der Waals surface area contributed by atoms with E-state index in [1.165, 1.54) is 7.11 Å². The van der Waals surface area contributed by atoms with Gasteiger partial charge in [-0.2, -0.15) is 0 Å². The topological polar surface area (TPSA) is 75.8 Å². The number of rotatable bonds is 5. The molecule has 0 aliphatic heterocycles. The minimum absolute atomic E-state index is 0.420. The Labute approximate surface area is 125 Å². The van der Waals surface area contributed by atoms with Crippen LogP contribution in [0.4, 0.5) is 5.69 Å². The van der Waals surface area contributed by atoms with Crippen LogP contribution in [0.3, 0.4) is 0 Å². The molecule has 0 atom stereocenters. The van der Waals surface area contributed by atoms with Gasteiger partial charge in [0, 0.05) is 18.8 Å². The van der Waals surface area contributed by atoms with Gasteiger partial charge < -0.3 is 15.6 Å². The highest BCUT2D eigenvalue weighted by molar-refractivity contribution is 5.96. The predicted molar refractivity (Wildman–Crippen MR) is 81.9 cm³/mol. The summed E-state index contributed by atoms with van der Waals surface area (Å²) in [6.07, 6.45) is 3.85. The number of nitrogens with two attached hydrogens (primary N) is 1. The van der Waals surface area contributed by atoms with Crippen LogP contribution in [0, 0.1) is 0 Å². The Balaban J connectivity index is 2.12. The number of nitrogen functional groups attached to an aromatic ring is 1. The van der Waals surface area contributed by atoms with E-state index in [1.807, 2.05) is 24.1 Å². The van der Waals surface area contributed by atoms with Crippen LogP contribution >= 0.6 is 0 Å². The van der Waals surface area contributed by atoms with Crippen molar-refractivity contribution in [1.29, 1.82) is 0 Å². The van der Waals surface area contributed by atoms with Gasteiger partial charge in [0.2, 0.25) is 0 Å². The maximum Gasteiger partial charge on any atom is 0.340 e. The number of methoxy groups -OCH3 is 1. The summed E-state index contributed by atoms with van der Waals surface area (Å²) in [4.78, 5) is 13.9. The van der Waals surface area contributed by atoms with Gasteiger partial charge in [-0.05, 0) is 31.5 Å². The Morgan fingerprint density at radius 1 is 1.43 bits per heavy atom. The number of likely N-dealkylation sites (N-methyl/N-ethyl adjacent to an activating group) is 1. The second-order valence-electron chi connectivity index (χ2n) is 5.98. The zero-order valence-electron chi connectivity index (χ0n) is 12.8. The van der Waals surface area contributed by atoms with E-state index in [2.05, 4.69) is 0 Å². The van der Waals surface area contributed by atoms with Crippen molar-refractivity contribution in [1.82, 2.24) is 4.90 Å². The smallest absolute Gasteiger partial charge is 0.340 e. The number of esters is 1. The molecular formula is C16H24N2O3. The van der Waals surface area contributed by atoms with Crippen LogP contribution in [0.5, 0.6) is 0 Å². The summed E-state index contributed by atoms with van der Waals surface area (Å²) in [6, 6.07) is 5.40. The lowest BCUT2D eigenvalue weighted by molar-refractivity contribution is 0.0144. The number of hydrogen-bond acceptors (Lipinski definition) is 5. The van der Waals surface area contributed by atoms with Gasteiger partial charge in [0.25, 0.3) is 0 Å². The fourth-order valence-electron chi connectivity index (χ4n) is 3.14. The molecule has 3 N–H and O–H groups in total. The lowest BCUT2D eigenvalue weighted by atomic mass is 10.0. The van der Waals surface area contributed by atoms with E-state index >= 15 is 0 Å². The summed E-state index contributed by atoms with van der Waals surface area (Å²) < 4.78 is 4.81. The summed E-state index contributed by atoms with van der Waals surface area (Å²) in [5, 5.41) is 10.5. The van der Waals surface area contributed by atoms with Crippen molar-refractivity contribution in [2.45, 2.75) is 37.8 Å². The van der Waals surface area contributed by atoms with Crippen molar-refractivity contribution >= 4 is 11.7 Å². The molecule has 5 heteroatoms. The third-order valence-electron chi connectivity index (χ3n) is 4.11. The van der Waals surface area contributed by atoms with Crippen LogP contribution in [0.2, 0.25) is 0 Å². The van der Waals surface area contributed by atoms with E-state index in [4.69, 9.17) is 10.5 Å². The predicted octanol–water partition coefficient (Wildman–Crippen LogP) is 1.79. The Kier molecular flexibility index (Phi) is 4.85. The highest BCUT2D eigenvalue weighted by Crippen LogP contribution is 2.30. The van der Waals surface area contributed by atoms with Crippen LogP contribution in [-0.4, -0.2) is 42.3 Å². The van der Waals surface area contributed by atoms with Crippen LogP contribution in [0.1, 0.15) is 41.6 Å². The second kappa shape index (κ2) is 6.45. The van der Waals surface area contributed by atoms with E-state index in [0.717, 1.165) is 31.2 Å². The number of aliphatic hydroxyl groups is 1. The fourth-order valence-corrected chi connectivity index (χ4v) is 3.14. The number of anilines is 1. The minimum Gasteiger partial charge on any atom is -0.465 e. The first-order chi connectivity index (χ1) is 9.95. The Morgan fingerprint density at radius 2 is 2.10 bits per heavy atom. The van der Waals surface area contributed by atoms with E-state index in [9.17, 15) is 9.90 Å². The highest BCUT2D eigenvalue weighted by atomic mass is 16.5. The SMILES string of the molecule is COC(=O)c1c(N)cccc1CN(C)CC1(O)CCCC1. The Morgan fingerprint density at radius 3 is 2.71 bits per heavy atom. The molecule has 0 amide bonds. The molecule has 0 bridgehead atoms. The molecule has 5 nitrogen and oxygen atoms in total. The molecule has 0 aromatic heterocycles. The molecule has 1 saturated carbocycles. The third kappa shape index (κ3) is 3.74. The molecule has 1 fully saturated rings. The number of ether oxygens (including phenoxy) is 1. The minimum atomic E-state index is -0.597. The van der Waals surface area contributed by atoms with Gasteiger partial charge in [0.05, 0.1) is 18.3 Å². The molecule has 1 aromatic carbocycles. The normalized spacial score (nSPS) is 17.1. The van der Waals surface area contributed by atoms with E-state index in [1.54, 1.807) is 6.07 Å². The van der Waals surface area contributed by atoms with Crippen LogP contribution < -0.4 is 5.73 Å². The first-order valence-electron chi connectivity index (χ1n) is 7.32. The van der Waals surface area contributed by atoms with E-state index in [-0.39, 0.29) is 0 Å². The summed E-state index contributed by atoms with van der Waals surface area (Å²) >= 11 is 0. The van der Waals surface area contributed by atoms with Crippen molar-refractivity contribution in [3.05, 3.63) is 29.3 Å². The van der Waals surface area contributed by atoms with Gasteiger partial charge in [-0.1, -0.05) is 25.0 Å². The first-order valence-corrected chi connectivity index (χ1v) is 7.32. The maximum absolute atomic E-state index is 11.9. The van der Waals surface area contributed by atoms with Crippen molar-refractivity contribution in [3.63, 3.8) is 0 Å². The van der Waals surface area contributed by atoms with Crippen LogP contribution in [0.15, 0.2) is 18.2 Å². The molecule has 0 radical (unpaired) electrons. The van der Waals surface area contributed by atoms with Crippen molar-refractivity contribution < 1.29 is 14.6 Å². The molecule has 21 heavy (non-hydrogen) atoms. The molecular weight excluding hydrogens is 268 g/mol. The van der Waals surface area contributed by atoms with Crippen LogP contribution in [-0.2, 0) is 11.3 Å². The average Bonchev–Trinajstić information content (AvgIpc) is 2.84. The molecule has 0 saturated heterocycles. The third-order valence-corrected chi connectivity index (χ3v) is 4.11. The summed E-state index contributed by atoms with van der Waals surface area (Å²) in [5.74, 6) is -0.420. The van der Waals surface area contributed by atoms with E-state index in [0.29, 0.717) is 24.3 Å². The van der Waals surface area contributed by atoms with E-state index < -0.39 is 11.6 Å². The molecule has 0 heterocycles. The zero-order chi connectivity index (χ0) is 15.5. The van der Waals surface area contributed by atoms with Gasteiger partial charge in [-0.25, -0.2) is 4.79 Å². The number of nitrogens with zero attached hydrogens (tertiary/aromatic N) is 1. The monoisotopic (exact) mass is 292 g/mol. The van der Waals surface area contributed by atoms with Gasteiger partial charge in [0.1, 0.15) is 0 Å². The molecule has 0 spiro atoms. The van der Waals surface area contributed by atoms with Crippen molar-refractivity contribution in [2.75, 3.05) is 26.4 Å². The number of benzene rings is 1.